The Morgan fingerprint density at radius 2 is 2.11 bits per heavy atom. The van der Waals surface area contributed by atoms with E-state index in [2.05, 4.69) is 5.32 Å². The number of nitrogens with one attached hydrogen (secondary N) is 1. The number of amides is 1. The summed E-state index contributed by atoms with van der Waals surface area (Å²) in [6.07, 6.45) is 1.39. The number of hydrogen-bond acceptors (Lipinski definition) is 4. The molecule has 19 heavy (non-hydrogen) atoms. The second-order valence-corrected chi connectivity index (χ2v) is 4.64. The molecule has 0 heterocycles. The van der Waals surface area contributed by atoms with Crippen LogP contribution in [-0.2, 0) is 9.53 Å². The van der Waals surface area contributed by atoms with E-state index in [9.17, 15) is 4.79 Å². The van der Waals surface area contributed by atoms with Crippen molar-refractivity contribution in [3.63, 3.8) is 0 Å². The molecule has 0 fully saturated rings. The quantitative estimate of drug-likeness (QED) is 0.732. The normalized spacial score (nSPS) is 12.0. The zero-order valence-corrected chi connectivity index (χ0v) is 11.8. The maximum Gasteiger partial charge on any atom is 0.241 e. The molecule has 0 aliphatic heterocycles. The predicted octanol–water partition coefficient (Wildman–Crippen LogP) is 1.44. The SMILES string of the molecule is COCCCC(N)C(=O)Nc1ccccc1N(C)C. The van der Waals surface area contributed by atoms with E-state index in [1.165, 1.54) is 0 Å². The molecule has 1 atom stereocenters. The number of rotatable bonds is 7. The van der Waals surface area contributed by atoms with Gasteiger partial charge in [0.25, 0.3) is 0 Å². The van der Waals surface area contributed by atoms with Gasteiger partial charge in [0, 0.05) is 27.8 Å². The Kier molecular flexibility index (Phi) is 6.32. The number of benzene rings is 1. The van der Waals surface area contributed by atoms with Crippen molar-refractivity contribution in [3.8, 4) is 0 Å². The van der Waals surface area contributed by atoms with E-state index < -0.39 is 6.04 Å². The molecule has 0 bridgehead atoms. The van der Waals surface area contributed by atoms with Crippen molar-refractivity contribution in [2.45, 2.75) is 18.9 Å². The summed E-state index contributed by atoms with van der Waals surface area (Å²) in [4.78, 5) is 13.9. The second kappa shape index (κ2) is 7.76. The van der Waals surface area contributed by atoms with Crippen molar-refractivity contribution >= 4 is 17.3 Å². The lowest BCUT2D eigenvalue weighted by atomic mass is 10.1. The van der Waals surface area contributed by atoms with Crippen LogP contribution in [0, 0.1) is 0 Å². The van der Waals surface area contributed by atoms with Crippen molar-refractivity contribution in [2.24, 2.45) is 5.73 Å². The number of hydrogen-bond donors (Lipinski definition) is 2. The molecule has 0 aliphatic carbocycles. The van der Waals surface area contributed by atoms with Crippen LogP contribution in [0.2, 0.25) is 0 Å². The number of anilines is 2. The highest BCUT2D eigenvalue weighted by Crippen LogP contribution is 2.23. The monoisotopic (exact) mass is 265 g/mol. The first-order valence-electron chi connectivity index (χ1n) is 6.38. The molecule has 0 radical (unpaired) electrons. The highest BCUT2D eigenvalue weighted by molar-refractivity contribution is 5.97. The van der Waals surface area contributed by atoms with Crippen LogP contribution in [0.1, 0.15) is 12.8 Å². The summed E-state index contributed by atoms with van der Waals surface area (Å²) < 4.78 is 4.95. The summed E-state index contributed by atoms with van der Waals surface area (Å²) in [5.74, 6) is -0.162. The van der Waals surface area contributed by atoms with Crippen molar-refractivity contribution in [1.82, 2.24) is 0 Å². The minimum Gasteiger partial charge on any atom is -0.385 e. The lowest BCUT2D eigenvalue weighted by Gasteiger charge is -2.19. The zero-order chi connectivity index (χ0) is 14.3. The van der Waals surface area contributed by atoms with Crippen LogP contribution in [-0.4, -0.2) is 39.8 Å². The average molecular weight is 265 g/mol. The highest BCUT2D eigenvalue weighted by Gasteiger charge is 2.15. The van der Waals surface area contributed by atoms with E-state index >= 15 is 0 Å². The third kappa shape index (κ3) is 4.89. The summed E-state index contributed by atoms with van der Waals surface area (Å²) in [5, 5.41) is 2.87. The van der Waals surface area contributed by atoms with Gasteiger partial charge in [-0.15, -0.1) is 0 Å². The molecule has 3 N–H and O–H groups in total. The van der Waals surface area contributed by atoms with Gasteiger partial charge in [-0.2, -0.15) is 0 Å². The van der Waals surface area contributed by atoms with E-state index in [1.807, 2.05) is 43.3 Å². The number of carbonyl (C=O) groups excluding carboxylic acids is 1. The molecule has 0 aromatic heterocycles. The smallest absolute Gasteiger partial charge is 0.241 e. The average Bonchev–Trinajstić information content (AvgIpc) is 2.39. The molecule has 5 heteroatoms. The zero-order valence-electron chi connectivity index (χ0n) is 11.8. The molecule has 1 amide bonds. The Hall–Kier alpha value is -1.59. The van der Waals surface area contributed by atoms with Gasteiger partial charge in [0.1, 0.15) is 0 Å². The number of nitrogens with zero attached hydrogens (tertiary/aromatic N) is 1. The lowest BCUT2D eigenvalue weighted by Crippen LogP contribution is -2.36. The first-order valence-corrected chi connectivity index (χ1v) is 6.38. The molecule has 0 spiro atoms. The Bertz CT molecular complexity index is 407. The van der Waals surface area contributed by atoms with E-state index in [1.54, 1.807) is 7.11 Å². The second-order valence-electron chi connectivity index (χ2n) is 4.64. The van der Waals surface area contributed by atoms with Gasteiger partial charge >= 0.3 is 0 Å². The van der Waals surface area contributed by atoms with Crippen LogP contribution in [0.15, 0.2) is 24.3 Å². The first-order chi connectivity index (χ1) is 9.06. The molecule has 1 unspecified atom stereocenters. The van der Waals surface area contributed by atoms with Crippen LogP contribution in [0.4, 0.5) is 11.4 Å². The molecule has 1 aromatic rings. The molecule has 0 saturated heterocycles. The van der Waals surface area contributed by atoms with Gasteiger partial charge in [-0.3, -0.25) is 4.79 Å². The van der Waals surface area contributed by atoms with Crippen molar-refractivity contribution < 1.29 is 9.53 Å². The molecule has 1 rings (SSSR count). The standard InChI is InChI=1S/C14H23N3O2/c1-17(2)13-9-5-4-8-12(13)16-14(18)11(15)7-6-10-19-3/h4-5,8-9,11H,6-7,10,15H2,1-3H3,(H,16,18). The van der Waals surface area contributed by atoms with Gasteiger partial charge in [-0.25, -0.2) is 0 Å². The molecule has 0 aliphatic rings. The number of para-hydroxylation sites is 2. The third-order valence-corrected chi connectivity index (χ3v) is 2.84. The maximum absolute atomic E-state index is 12.0. The number of nitrogens with two attached hydrogens (primary N) is 1. The topological polar surface area (TPSA) is 67.6 Å². The Balaban J connectivity index is 2.61. The molecule has 1 aromatic carbocycles. The van der Waals surface area contributed by atoms with Crippen LogP contribution in [0.3, 0.4) is 0 Å². The molecular formula is C14H23N3O2. The summed E-state index contributed by atoms with van der Waals surface area (Å²) in [6, 6.07) is 7.13. The maximum atomic E-state index is 12.0. The van der Waals surface area contributed by atoms with Gasteiger partial charge in [0.15, 0.2) is 0 Å². The van der Waals surface area contributed by atoms with Gasteiger partial charge < -0.3 is 20.7 Å². The number of ether oxygens (including phenoxy) is 1. The van der Waals surface area contributed by atoms with Crippen LogP contribution < -0.4 is 16.0 Å². The van der Waals surface area contributed by atoms with E-state index in [4.69, 9.17) is 10.5 Å². The largest absolute Gasteiger partial charge is 0.385 e. The predicted molar refractivity (Wildman–Crippen MR) is 78.5 cm³/mol. The fourth-order valence-electron chi connectivity index (χ4n) is 1.77. The fraction of sp³-hybridized carbons (Fsp3) is 0.500. The van der Waals surface area contributed by atoms with Crippen molar-refractivity contribution in [1.29, 1.82) is 0 Å². The fourth-order valence-corrected chi connectivity index (χ4v) is 1.77. The third-order valence-electron chi connectivity index (χ3n) is 2.84. The minimum atomic E-state index is -0.509. The van der Waals surface area contributed by atoms with Crippen LogP contribution in [0.5, 0.6) is 0 Å². The highest BCUT2D eigenvalue weighted by atomic mass is 16.5. The summed E-state index contributed by atoms with van der Waals surface area (Å²) >= 11 is 0. The minimum absolute atomic E-state index is 0.162. The Morgan fingerprint density at radius 1 is 1.42 bits per heavy atom. The molecule has 106 valence electrons. The number of carbonyl (C=O) groups is 1. The number of methoxy groups -OCH3 is 1. The first kappa shape index (κ1) is 15.5. The Morgan fingerprint density at radius 3 is 2.74 bits per heavy atom. The summed E-state index contributed by atoms with van der Waals surface area (Å²) in [6.45, 7) is 0.620. The van der Waals surface area contributed by atoms with E-state index in [-0.39, 0.29) is 5.91 Å². The molecule has 0 saturated carbocycles. The van der Waals surface area contributed by atoms with E-state index in [0.29, 0.717) is 13.0 Å². The lowest BCUT2D eigenvalue weighted by molar-refractivity contribution is -0.117. The molecule has 5 nitrogen and oxygen atoms in total. The van der Waals surface area contributed by atoms with Gasteiger partial charge in [0.2, 0.25) is 5.91 Å². The van der Waals surface area contributed by atoms with Crippen LogP contribution >= 0.6 is 0 Å². The van der Waals surface area contributed by atoms with Crippen molar-refractivity contribution in [2.75, 3.05) is 38.0 Å². The Labute approximate surface area is 114 Å². The van der Waals surface area contributed by atoms with Crippen molar-refractivity contribution in [3.05, 3.63) is 24.3 Å². The molecular weight excluding hydrogens is 242 g/mol. The van der Waals surface area contributed by atoms with Gasteiger partial charge in [0.05, 0.1) is 17.4 Å². The van der Waals surface area contributed by atoms with Crippen LogP contribution in [0.25, 0.3) is 0 Å². The van der Waals surface area contributed by atoms with Gasteiger partial charge in [-0.05, 0) is 25.0 Å². The van der Waals surface area contributed by atoms with E-state index in [0.717, 1.165) is 17.8 Å². The van der Waals surface area contributed by atoms with Gasteiger partial charge in [-0.1, -0.05) is 12.1 Å². The summed E-state index contributed by atoms with van der Waals surface area (Å²) in [7, 11) is 5.51. The summed E-state index contributed by atoms with van der Waals surface area (Å²) in [5.41, 5.74) is 7.59.